The molecule has 3 N–H and O–H groups in total. The second-order valence-electron chi connectivity index (χ2n) is 13.5. The molecular formula is C37H46N6O5. The third-order valence-electron chi connectivity index (χ3n) is 8.91. The standard InChI is InChI=1S/C37H46N6O5/c1-7-38-35(44)30-18-26-28(21-41(6)36(45)33(26)39-30)25-19-31-27(20-32(25)48-34-23(2)10-8-11-24(34)3)29(40-43(31)22-37(4,5)46)12-9-13-42-14-16-47-17-15-42/h8,10-11,18-21,39,46H,7,9,12-17,22H2,1-6H3,(H,38,44). The predicted octanol–water partition coefficient (Wildman–Crippen LogP) is 5.08. The van der Waals surface area contributed by atoms with Gasteiger partial charge in [-0.2, -0.15) is 5.10 Å². The zero-order valence-corrected chi connectivity index (χ0v) is 28.8. The lowest BCUT2D eigenvalue weighted by atomic mass is 9.99. The summed E-state index contributed by atoms with van der Waals surface area (Å²) in [6, 6.07) is 11.9. The molecule has 11 nitrogen and oxygen atoms in total. The average molecular weight is 655 g/mol. The van der Waals surface area contributed by atoms with Crippen molar-refractivity contribution >= 4 is 27.7 Å². The van der Waals surface area contributed by atoms with Crippen LogP contribution in [0, 0.1) is 13.8 Å². The molecule has 254 valence electrons. The van der Waals surface area contributed by atoms with E-state index < -0.39 is 5.60 Å². The highest BCUT2D eigenvalue weighted by Crippen LogP contribution is 2.42. The predicted molar refractivity (Wildman–Crippen MR) is 188 cm³/mol. The molecule has 0 aliphatic carbocycles. The van der Waals surface area contributed by atoms with Gasteiger partial charge in [-0.1, -0.05) is 18.2 Å². The number of aromatic nitrogens is 4. The summed E-state index contributed by atoms with van der Waals surface area (Å²) >= 11 is 0. The van der Waals surface area contributed by atoms with Crippen LogP contribution in [0.25, 0.3) is 32.9 Å². The van der Waals surface area contributed by atoms with Crippen molar-refractivity contribution in [1.29, 1.82) is 0 Å². The smallest absolute Gasteiger partial charge is 0.274 e. The van der Waals surface area contributed by atoms with Gasteiger partial charge in [-0.05, 0) is 83.3 Å². The van der Waals surface area contributed by atoms with Gasteiger partial charge >= 0.3 is 0 Å². The number of benzene rings is 2. The van der Waals surface area contributed by atoms with Crippen molar-refractivity contribution in [1.82, 2.24) is 29.5 Å². The largest absolute Gasteiger partial charge is 0.456 e. The first-order chi connectivity index (χ1) is 22.9. The fourth-order valence-electron chi connectivity index (χ4n) is 6.52. The molecule has 0 radical (unpaired) electrons. The quantitative estimate of drug-likeness (QED) is 0.181. The summed E-state index contributed by atoms with van der Waals surface area (Å²) < 4.78 is 15.8. The van der Waals surface area contributed by atoms with Crippen LogP contribution in [0.5, 0.6) is 11.5 Å². The zero-order chi connectivity index (χ0) is 34.2. The molecule has 0 bridgehead atoms. The minimum Gasteiger partial charge on any atom is -0.456 e. The number of nitrogens with one attached hydrogen (secondary N) is 2. The summed E-state index contributed by atoms with van der Waals surface area (Å²) in [5.74, 6) is 1.08. The molecule has 1 saturated heterocycles. The van der Waals surface area contributed by atoms with Crippen LogP contribution in [0.3, 0.4) is 0 Å². The van der Waals surface area contributed by atoms with Crippen LogP contribution in [0.2, 0.25) is 0 Å². The fraction of sp³-hybridized carbons (Fsp3) is 0.432. The molecule has 3 aromatic heterocycles. The molecular weight excluding hydrogens is 608 g/mol. The Morgan fingerprint density at radius 2 is 1.83 bits per heavy atom. The van der Waals surface area contributed by atoms with Crippen molar-refractivity contribution in [2.75, 3.05) is 39.4 Å². The van der Waals surface area contributed by atoms with Crippen molar-refractivity contribution in [3.63, 3.8) is 0 Å². The van der Waals surface area contributed by atoms with Gasteiger partial charge in [0, 0.05) is 54.8 Å². The molecule has 0 saturated carbocycles. The van der Waals surface area contributed by atoms with E-state index in [1.165, 1.54) is 4.57 Å². The Labute approximate surface area is 280 Å². The average Bonchev–Trinajstić information content (AvgIpc) is 3.63. The highest BCUT2D eigenvalue weighted by molar-refractivity contribution is 6.04. The molecule has 48 heavy (non-hydrogen) atoms. The van der Waals surface area contributed by atoms with E-state index in [1.807, 2.05) is 55.8 Å². The Kier molecular flexibility index (Phi) is 9.46. The second kappa shape index (κ2) is 13.6. The van der Waals surface area contributed by atoms with E-state index in [1.54, 1.807) is 33.2 Å². The lowest BCUT2D eigenvalue weighted by Crippen LogP contribution is -2.36. The van der Waals surface area contributed by atoms with Gasteiger partial charge in [0.05, 0.1) is 36.6 Å². The van der Waals surface area contributed by atoms with Crippen molar-refractivity contribution in [2.45, 2.75) is 59.6 Å². The van der Waals surface area contributed by atoms with Gasteiger partial charge in [0.2, 0.25) is 0 Å². The first-order valence-corrected chi connectivity index (χ1v) is 16.7. The topological polar surface area (TPSA) is 127 Å². The van der Waals surface area contributed by atoms with Crippen LogP contribution in [0.15, 0.2) is 47.4 Å². The number of aliphatic hydroxyl groups is 1. The molecule has 2 aromatic carbocycles. The number of amides is 1. The Morgan fingerprint density at radius 3 is 2.52 bits per heavy atom. The number of carbonyl (C=O) groups excluding carboxylic acids is 1. The monoisotopic (exact) mass is 654 g/mol. The van der Waals surface area contributed by atoms with Gasteiger partial charge in [-0.15, -0.1) is 0 Å². The molecule has 1 fully saturated rings. The highest BCUT2D eigenvalue weighted by Gasteiger charge is 2.24. The number of aromatic amines is 1. The summed E-state index contributed by atoms with van der Waals surface area (Å²) in [6.07, 6.45) is 3.47. The molecule has 0 unspecified atom stereocenters. The SMILES string of the molecule is CCNC(=O)c1cc2c(-c3cc4c(cc3Oc3c(C)cccc3C)c(CCCN3CCOCC3)nn4CC(C)(C)O)cn(C)c(=O)c2[nH]1. The molecule has 11 heteroatoms. The van der Waals surface area contributed by atoms with Gasteiger partial charge in [-0.25, -0.2) is 0 Å². The van der Waals surface area contributed by atoms with Gasteiger partial charge < -0.3 is 29.4 Å². The summed E-state index contributed by atoms with van der Waals surface area (Å²) in [4.78, 5) is 31.7. The van der Waals surface area contributed by atoms with E-state index >= 15 is 0 Å². The maximum atomic E-state index is 13.3. The van der Waals surface area contributed by atoms with Crippen LogP contribution in [-0.2, 0) is 24.8 Å². The summed E-state index contributed by atoms with van der Waals surface area (Å²) in [5.41, 5.74) is 4.64. The molecule has 4 heterocycles. The van der Waals surface area contributed by atoms with Crippen LogP contribution in [0.4, 0.5) is 0 Å². The number of rotatable bonds is 11. The van der Waals surface area contributed by atoms with Gasteiger partial charge in [0.25, 0.3) is 11.5 Å². The van der Waals surface area contributed by atoms with E-state index in [0.29, 0.717) is 28.9 Å². The fourth-order valence-corrected chi connectivity index (χ4v) is 6.52. The summed E-state index contributed by atoms with van der Waals surface area (Å²) in [7, 11) is 1.70. The Balaban J connectivity index is 1.56. The normalized spacial score (nSPS) is 14.2. The summed E-state index contributed by atoms with van der Waals surface area (Å²) in [6.45, 7) is 14.5. The first kappa shape index (κ1) is 33.5. The molecule has 0 spiro atoms. The van der Waals surface area contributed by atoms with Crippen molar-refractivity contribution < 1.29 is 19.4 Å². The third kappa shape index (κ3) is 6.89. The third-order valence-corrected chi connectivity index (χ3v) is 8.91. The Bertz CT molecular complexity index is 2010. The zero-order valence-electron chi connectivity index (χ0n) is 28.8. The number of morpholine rings is 1. The van der Waals surface area contributed by atoms with Gasteiger partial charge in [-0.3, -0.25) is 19.2 Å². The maximum Gasteiger partial charge on any atom is 0.274 e. The second-order valence-corrected chi connectivity index (χ2v) is 13.5. The molecule has 1 aliphatic rings. The van der Waals surface area contributed by atoms with E-state index in [2.05, 4.69) is 15.2 Å². The van der Waals surface area contributed by atoms with Gasteiger partial charge in [0.15, 0.2) is 0 Å². The molecule has 0 atom stereocenters. The van der Waals surface area contributed by atoms with Gasteiger partial charge in [0.1, 0.15) is 22.7 Å². The van der Waals surface area contributed by atoms with E-state index in [9.17, 15) is 14.7 Å². The molecule has 1 amide bonds. The number of fused-ring (bicyclic) bond motifs is 2. The van der Waals surface area contributed by atoms with Crippen molar-refractivity contribution in [3.8, 4) is 22.6 Å². The van der Waals surface area contributed by atoms with Crippen LogP contribution in [0.1, 0.15) is 54.5 Å². The van der Waals surface area contributed by atoms with E-state index in [4.69, 9.17) is 14.6 Å². The number of aryl methyl sites for hydroxylation is 4. The number of pyridine rings is 1. The number of ether oxygens (including phenoxy) is 2. The maximum absolute atomic E-state index is 13.3. The minimum atomic E-state index is -1.01. The number of carbonyl (C=O) groups is 1. The Hall–Kier alpha value is -4.45. The molecule has 5 aromatic rings. The van der Waals surface area contributed by atoms with E-state index in [-0.39, 0.29) is 18.0 Å². The van der Waals surface area contributed by atoms with Crippen molar-refractivity contribution in [2.24, 2.45) is 7.05 Å². The summed E-state index contributed by atoms with van der Waals surface area (Å²) in [5, 5.41) is 20.3. The lowest BCUT2D eigenvalue weighted by Gasteiger charge is -2.26. The Morgan fingerprint density at radius 1 is 1.10 bits per heavy atom. The first-order valence-electron chi connectivity index (χ1n) is 16.7. The van der Waals surface area contributed by atoms with Crippen LogP contribution < -0.4 is 15.6 Å². The van der Waals surface area contributed by atoms with E-state index in [0.717, 1.165) is 90.3 Å². The van der Waals surface area contributed by atoms with Crippen molar-refractivity contribution in [3.05, 3.63) is 75.5 Å². The highest BCUT2D eigenvalue weighted by atomic mass is 16.5. The number of hydrogen-bond donors (Lipinski definition) is 3. The minimum absolute atomic E-state index is 0.239. The lowest BCUT2D eigenvalue weighted by molar-refractivity contribution is 0.0374. The number of nitrogens with zero attached hydrogens (tertiary/aromatic N) is 4. The number of H-pyrrole nitrogens is 1. The molecule has 1 aliphatic heterocycles. The number of hydrogen-bond acceptors (Lipinski definition) is 7. The van der Waals surface area contributed by atoms with Crippen LogP contribution in [-0.4, -0.2) is 80.2 Å². The number of para-hydroxylation sites is 1. The van der Waals surface area contributed by atoms with Crippen LogP contribution >= 0.6 is 0 Å². The molecule has 6 rings (SSSR count).